The largest absolute Gasteiger partial charge is 0.469 e. The van der Waals surface area contributed by atoms with Gasteiger partial charge in [0.15, 0.2) is 0 Å². The van der Waals surface area contributed by atoms with Gasteiger partial charge in [-0.2, -0.15) is 0 Å². The topological polar surface area (TPSA) is 43.6 Å². The second kappa shape index (κ2) is 5.88. The van der Waals surface area contributed by atoms with Gasteiger partial charge < -0.3 is 19.2 Å². The maximum Gasteiger partial charge on any atom is 0.105 e. The summed E-state index contributed by atoms with van der Waals surface area (Å²) in [5.41, 5.74) is 1.34. The van der Waals surface area contributed by atoms with E-state index in [1.54, 1.807) is 6.26 Å². The standard InChI is InChI=1S/C16H25NO3/c1-12-14(4-7-19-12)15(17-2)13-3-8-20-16(11-13)5-9-18-10-6-16/h4,7,13,15,17H,3,5-6,8-11H2,1-2H3. The number of aryl methyl sites for hydroxylation is 1. The minimum absolute atomic E-state index is 0.0495. The van der Waals surface area contributed by atoms with E-state index < -0.39 is 0 Å². The Morgan fingerprint density at radius 2 is 2.10 bits per heavy atom. The minimum Gasteiger partial charge on any atom is -0.469 e. The summed E-state index contributed by atoms with van der Waals surface area (Å²) in [6.07, 6.45) is 6.08. The van der Waals surface area contributed by atoms with E-state index in [1.165, 1.54) is 5.56 Å². The molecule has 4 nitrogen and oxygen atoms in total. The molecule has 0 radical (unpaired) electrons. The molecule has 3 rings (SSSR count). The molecule has 2 unspecified atom stereocenters. The lowest BCUT2D eigenvalue weighted by Crippen LogP contribution is -2.46. The van der Waals surface area contributed by atoms with E-state index in [1.807, 2.05) is 14.0 Å². The molecule has 20 heavy (non-hydrogen) atoms. The first-order chi connectivity index (χ1) is 9.74. The molecular formula is C16H25NO3. The molecule has 1 aromatic heterocycles. The summed E-state index contributed by atoms with van der Waals surface area (Å²) < 4.78 is 17.1. The van der Waals surface area contributed by atoms with Crippen LogP contribution in [0.1, 0.15) is 43.0 Å². The summed E-state index contributed by atoms with van der Waals surface area (Å²) in [5.74, 6) is 1.63. The van der Waals surface area contributed by atoms with Gasteiger partial charge in [0.1, 0.15) is 5.76 Å². The number of hydrogen-bond donors (Lipinski definition) is 1. The highest BCUT2D eigenvalue weighted by molar-refractivity contribution is 5.21. The summed E-state index contributed by atoms with van der Waals surface area (Å²) in [7, 11) is 2.04. The van der Waals surface area contributed by atoms with Gasteiger partial charge in [0, 0.05) is 31.4 Å². The lowest BCUT2D eigenvalue weighted by Gasteiger charge is -2.45. The van der Waals surface area contributed by atoms with Crippen LogP contribution in [-0.2, 0) is 9.47 Å². The van der Waals surface area contributed by atoms with Crippen LogP contribution < -0.4 is 5.32 Å². The van der Waals surface area contributed by atoms with Crippen molar-refractivity contribution >= 4 is 0 Å². The molecule has 1 N–H and O–H groups in total. The maximum atomic E-state index is 6.15. The molecular weight excluding hydrogens is 254 g/mol. The van der Waals surface area contributed by atoms with Crippen LogP contribution in [0.15, 0.2) is 16.7 Å². The van der Waals surface area contributed by atoms with Crippen molar-refractivity contribution < 1.29 is 13.9 Å². The van der Waals surface area contributed by atoms with E-state index >= 15 is 0 Å². The first-order valence-electron chi connectivity index (χ1n) is 7.67. The molecule has 2 fully saturated rings. The smallest absolute Gasteiger partial charge is 0.105 e. The molecule has 2 aliphatic rings. The van der Waals surface area contributed by atoms with Crippen LogP contribution in [0.25, 0.3) is 0 Å². The Labute approximate surface area is 120 Å². The van der Waals surface area contributed by atoms with Crippen LogP contribution in [0.5, 0.6) is 0 Å². The van der Waals surface area contributed by atoms with Crippen molar-refractivity contribution in [2.24, 2.45) is 5.92 Å². The fraction of sp³-hybridized carbons (Fsp3) is 0.750. The maximum absolute atomic E-state index is 6.15. The highest BCUT2D eigenvalue weighted by Crippen LogP contribution is 2.42. The average Bonchev–Trinajstić information content (AvgIpc) is 2.87. The van der Waals surface area contributed by atoms with Crippen molar-refractivity contribution in [3.63, 3.8) is 0 Å². The van der Waals surface area contributed by atoms with Crippen molar-refractivity contribution in [1.82, 2.24) is 5.32 Å². The van der Waals surface area contributed by atoms with Crippen molar-refractivity contribution in [1.29, 1.82) is 0 Å². The zero-order chi connectivity index (χ0) is 14.0. The molecule has 1 spiro atoms. The van der Waals surface area contributed by atoms with E-state index in [4.69, 9.17) is 13.9 Å². The zero-order valence-corrected chi connectivity index (χ0v) is 12.5. The average molecular weight is 279 g/mol. The van der Waals surface area contributed by atoms with Crippen LogP contribution in [-0.4, -0.2) is 32.5 Å². The third kappa shape index (κ3) is 2.65. The predicted octanol–water partition coefficient (Wildman–Crippen LogP) is 2.82. The molecule has 1 aromatic rings. The summed E-state index contributed by atoms with van der Waals surface area (Å²) in [6, 6.07) is 2.46. The number of rotatable bonds is 3. The molecule has 0 saturated carbocycles. The van der Waals surface area contributed by atoms with Crippen molar-refractivity contribution in [2.75, 3.05) is 26.9 Å². The van der Waals surface area contributed by atoms with Crippen molar-refractivity contribution in [3.8, 4) is 0 Å². The highest BCUT2D eigenvalue weighted by Gasteiger charge is 2.41. The second-order valence-corrected chi connectivity index (χ2v) is 6.10. The predicted molar refractivity (Wildman–Crippen MR) is 76.7 cm³/mol. The number of nitrogens with one attached hydrogen (secondary N) is 1. The molecule has 0 aliphatic carbocycles. The molecule has 2 aliphatic heterocycles. The Kier molecular flexibility index (Phi) is 4.15. The summed E-state index contributed by atoms with van der Waals surface area (Å²) >= 11 is 0. The third-order valence-electron chi connectivity index (χ3n) is 4.95. The normalized spacial score (nSPS) is 27.6. The van der Waals surface area contributed by atoms with Crippen LogP contribution in [0.4, 0.5) is 0 Å². The number of hydrogen-bond acceptors (Lipinski definition) is 4. The van der Waals surface area contributed by atoms with Gasteiger partial charge in [-0.15, -0.1) is 0 Å². The Balaban J connectivity index is 1.76. The van der Waals surface area contributed by atoms with E-state index in [2.05, 4.69) is 11.4 Å². The molecule has 112 valence electrons. The SMILES string of the molecule is CNC(c1ccoc1C)C1CCOC2(CCOCC2)C1. The molecule has 2 saturated heterocycles. The van der Waals surface area contributed by atoms with Gasteiger partial charge in [-0.1, -0.05) is 0 Å². The zero-order valence-electron chi connectivity index (χ0n) is 12.5. The molecule has 2 atom stereocenters. The van der Waals surface area contributed by atoms with Gasteiger partial charge in [-0.3, -0.25) is 0 Å². The fourth-order valence-electron chi connectivity index (χ4n) is 3.80. The van der Waals surface area contributed by atoms with E-state index in [-0.39, 0.29) is 5.60 Å². The number of ether oxygens (including phenoxy) is 2. The molecule has 4 heteroatoms. The van der Waals surface area contributed by atoms with Gasteiger partial charge in [-0.05, 0) is 51.6 Å². The van der Waals surface area contributed by atoms with Gasteiger partial charge in [-0.25, -0.2) is 0 Å². The first kappa shape index (κ1) is 14.1. The summed E-state index contributed by atoms with van der Waals surface area (Å²) in [6.45, 7) is 4.58. The lowest BCUT2D eigenvalue weighted by atomic mass is 9.76. The third-order valence-corrected chi connectivity index (χ3v) is 4.95. The summed E-state index contributed by atoms with van der Waals surface area (Å²) in [4.78, 5) is 0. The minimum atomic E-state index is 0.0495. The summed E-state index contributed by atoms with van der Waals surface area (Å²) in [5, 5.41) is 3.49. The monoisotopic (exact) mass is 279 g/mol. The van der Waals surface area contributed by atoms with Gasteiger partial charge in [0.25, 0.3) is 0 Å². The Bertz CT molecular complexity index is 431. The first-order valence-corrected chi connectivity index (χ1v) is 7.67. The fourth-order valence-corrected chi connectivity index (χ4v) is 3.80. The quantitative estimate of drug-likeness (QED) is 0.924. The van der Waals surface area contributed by atoms with Gasteiger partial charge >= 0.3 is 0 Å². The van der Waals surface area contributed by atoms with Crippen molar-refractivity contribution in [3.05, 3.63) is 23.7 Å². The molecule has 3 heterocycles. The van der Waals surface area contributed by atoms with E-state index in [0.717, 1.165) is 51.3 Å². The van der Waals surface area contributed by atoms with Crippen LogP contribution >= 0.6 is 0 Å². The van der Waals surface area contributed by atoms with Gasteiger partial charge in [0.05, 0.1) is 11.9 Å². The van der Waals surface area contributed by atoms with E-state index in [9.17, 15) is 0 Å². The van der Waals surface area contributed by atoms with Crippen LogP contribution in [0.3, 0.4) is 0 Å². The second-order valence-electron chi connectivity index (χ2n) is 6.10. The van der Waals surface area contributed by atoms with Crippen LogP contribution in [0.2, 0.25) is 0 Å². The van der Waals surface area contributed by atoms with Crippen LogP contribution in [0, 0.1) is 12.8 Å². The van der Waals surface area contributed by atoms with E-state index in [0.29, 0.717) is 12.0 Å². The van der Waals surface area contributed by atoms with Crippen molar-refractivity contribution in [2.45, 2.75) is 44.2 Å². The highest BCUT2D eigenvalue weighted by atomic mass is 16.5. The molecule has 0 amide bonds. The molecule has 0 aromatic carbocycles. The Hall–Kier alpha value is -0.840. The van der Waals surface area contributed by atoms with Gasteiger partial charge in [0.2, 0.25) is 0 Å². The number of furan rings is 1. The molecule has 0 bridgehead atoms. The Morgan fingerprint density at radius 1 is 1.30 bits per heavy atom. The lowest BCUT2D eigenvalue weighted by molar-refractivity contribution is -0.150. The Morgan fingerprint density at radius 3 is 2.75 bits per heavy atom.